The van der Waals surface area contributed by atoms with E-state index in [2.05, 4.69) is 0 Å². The molecule has 0 aromatic carbocycles. The van der Waals surface area contributed by atoms with E-state index in [1.54, 1.807) is 0 Å². The van der Waals surface area contributed by atoms with Gasteiger partial charge in [0, 0.05) is 13.0 Å². The van der Waals surface area contributed by atoms with Crippen molar-refractivity contribution in [3.63, 3.8) is 0 Å². The molecule has 0 saturated carbocycles. The van der Waals surface area contributed by atoms with Gasteiger partial charge in [-0.05, 0) is 0 Å². The molecule has 70 valence electrons. The summed E-state index contributed by atoms with van der Waals surface area (Å²) in [6.07, 6.45) is -0.739. The lowest BCUT2D eigenvalue weighted by atomic mass is 10.2. The van der Waals surface area contributed by atoms with Crippen LogP contribution in [0.5, 0.6) is 0 Å². The van der Waals surface area contributed by atoms with E-state index in [9.17, 15) is 0 Å². The highest BCUT2D eigenvalue weighted by molar-refractivity contribution is 4.45. The molecule has 0 aromatic heterocycles. The Kier molecular flexibility index (Phi) is 12.0. The molecule has 4 nitrogen and oxygen atoms in total. The van der Waals surface area contributed by atoms with Gasteiger partial charge in [-0.1, -0.05) is 13.8 Å². The van der Waals surface area contributed by atoms with Gasteiger partial charge in [-0.3, -0.25) is 0 Å². The van der Waals surface area contributed by atoms with Crippen molar-refractivity contribution in [3.05, 3.63) is 0 Å². The van der Waals surface area contributed by atoms with Gasteiger partial charge in [0.2, 0.25) is 0 Å². The number of ether oxygens (including phenoxy) is 1. The predicted octanol–water partition coefficient (Wildman–Crippen LogP) is -0.422. The fourth-order valence-electron chi connectivity index (χ4n) is 0.366. The van der Waals surface area contributed by atoms with E-state index < -0.39 is 6.29 Å². The zero-order chi connectivity index (χ0) is 9.28. The van der Waals surface area contributed by atoms with Crippen molar-refractivity contribution in [2.45, 2.75) is 20.1 Å². The van der Waals surface area contributed by atoms with Gasteiger partial charge in [0.1, 0.15) is 0 Å². The highest BCUT2D eigenvalue weighted by Gasteiger charge is 2.07. The summed E-state index contributed by atoms with van der Waals surface area (Å²) in [5, 5.41) is 24.2. The van der Waals surface area contributed by atoms with Crippen molar-refractivity contribution in [3.8, 4) is 0 Å². The molecule has 0 bridgehead atoms. The van der Waals surface area contributed by atoms with Crippen molar-refractivity contribution in [1.29, 1.82) is 0 Å². The molecule has 11 heavy (non-hydrogen) atoms. The van der Waals surface area contributed by atoms with E-state index in [1.807, 2.05) is 13.8 Å². The van der Waals surface area contributed by atoms with Crippen LogP contribution in [-0.2, 0) is 4.74 Å². The molecule has 1 atom stereocenters. The Morgan fingerprint density at radius 2 is 1.73 bits per heavy atom. The van der Waals surface area contributed by atoms with E-state index in [0.717, 1.165) is 7.11 Å². The van der Waals surface area contributed by atoms with Crippen LogP contribution in [0.3, 0.4) is 0 Å². The molecular formula is C7H18O4. The summed E-state index contributed by atoms with van der Waals surface area (Å²) >= 11 is 0. The lowest BCUT2D eigenvalue weighted by molar-refractivity contribution is -0.132. The third kappa shape index (κ3) is 9.84. The third-order valence-electron chi connectivity index (χ3n) is 0.950. The molecule has 0 spiro atoms. The second-order valence-electron chi connectivity index (χ2n) is 2.23. The number of rotatable bonds is 4. The Hall–Kier alpha value is -0.160. The monoisotopic (exact) mass is 166 g/mol. The zero-order valence-corrected chi connectivity index (χ0v) is 7.32. The SMILES string of the molecule is CC(C)C(O)OCCO.CO. The number of aliphatic hydroxyl groups excluding tert-OH is 3. The fraction of sp³-hybridized carbons (Fsp3) is 1.00. The minimum Gasteiger partial charge on any atom is -0.400 e. The van der Waals surface area contributed by atoms with Crippen LogP contribution in [0, 0.1) is 5.92 Å². The molecule has 4 heteroatoms. The van der Waals surface area contributed by atoms with Crippen molar-refractivity contribution in [1.82, 2.24) is 0 Å². The number of hydrogen-bond donors (Lipinski definition) is 3. The normalized spacial score (nSPS) is 12.3. The summed E-state index contributed by atoms with van der Waals surface area (Å²) in [7, 11) is 1.00. The van der Waals surface area contributed by atoms with Crippen LogP contribution in [0.25, 0.3) is 0 Å². The van der Waals surface area contributed by atoms with Crippen LogP contribution in [0.2, 0.25) is 0 Å². The van der Waals surface area contributed by atoms with Crippen molar-refractivity contribution in [2.75, 3.05) is 20.3 Å². The summed E-state index contributed by atoms with van der Waals surface area (Å²) in [6, 6.07) is 0. The van der Waals surface area contributed by atoms with Crippen LogP contribution >= 0.6 is 0 Å². The second-order valence-corrected chi connectivity index (χ2v) is 2.23. The standard InChI is InChI=1S/C6H14O3.CH4O/c1-5(2)6(8)9-4-3-7;1-2/h5-8H,3-4H2,1-2H3;2H,1H3. The molecule has 0 amide bonds. The van der Waals surface area contributed by atoms with Crippen LogP contribution in [-0.4, -0.2) is 41.9 Å². The minimum atomic E-state index is -0.739. The number of aliphatic hydroxyl groups is 3. The first-order valence-corrected chi connectivity index (χ1v) is 3.53. The molecule has 0 radical (unpaired) electrons. The lowest BCUT2D eigenvalue weighted by Gasteiger charge is -2.13. The van der Waals surface area contributed by atoms with Gasteiger partial charge in [0.25, 0.3) is 0 Å². The largest absolute Gasteiger partial charge is 0.400 e. The molecule has 3 N–H and O–H groups in total. The Morgan fingerprint density at radius 3 is 2.00 bits per heavy atom. The summed E-state index contributed by atoms with van der Waals surface area (Å²) in [5.74, 6) is 0.0940. The highest BCUT2D eigenvalue weighted by atomic mass is 16.6. The quantitative estimate of drug-likeness (QED) is 0.496. The fourth-order valence-corrected chi connectivity index (χ4v) is 0.366. The van der Waals surface area contributed by atoms with E-state index in [-0.39, 0.29) is 19.1 Å². The Bertz CT molecular complexity index is 65.5. The molecule has 0 saturated heterocycles. The average molecular weight is 166 g/mol. The highest BCUT2D eigenvalue weighted by Crippen LogP contribution is 2.00. The van der Waals surface area contributed by atoms with E-state index >= 15 is 0 Å². The molecule has 0 heterocycles. The van der Waals surface area contributed by atoms with E-state index in [1.165, 1.54) is 0 Å². The second kappa shape index (κ2) is 9.84. The van der Waals surface area contributed by atoms with E-state index in [0.29, 0.717) is 0 Å². The number of hydrogen-bond acceptors (Lipinski definition) is 4. The maximum Gasteiger partial charge on any atom is 0.156 e. The Labute approximate surface area is 67.4 Å². The van der Waals surface area contributed by atoms with Gasteiger partial charge < -0.3 is 20.1 Å². The summed E-state index contributed by atoms with van der Waals surface area (Å²) in [6.45, 7) is 3.87. The molecule has 1 unspecified atom stereocenters. The maximum atomic E-state index is 8.92. The smallest absolute Gasteiger partial charge is 0.156 e. The van der Waals surface area contributed by atoms with Gasteiger partial charge in [0.15, 0.2) is 6.29 Å². The van der Waals surface area contributed by atoms with Crippen LogP contribution in [0.1, 0.15) is 13.8 Å². The predicted molar refractivity (Wildman–Crippen MR) is 42.0 cm³/mol. The average Bonchev–Trinajstić information content (AvgIpc) is 2.03. The molecule has 0 aliphatic heterocycles. The summed E-state index contributed by atoms with van der Waals surface area (Å²) in [5.41, 5.74) is 0. The zero-order valence-electron chi connectivity index (χ0n) is 7.32. The maximum absolute atomic E-state index is 8.92. The van der Waals surface area contributed by atoms with Gasteiger partial charge in [-0.2, -0.15) is 0 Å². The first-order valence-electron chi connectivity index (χ1n) is 3.53. The third-order valence-corrected chi connectivity index (χ3v) is 0.950. The summed E-state index contributed by atoms with van der Waals surface area (Å²) in [4.78, 5) is 0. The Morgan fingerprint density at radius 1 is 1.27 bits per heavy atom. The molecule has 0 aliphatic carbocycles. The molecule has 0 aromatic rings. The molecule has 0 fully saturated rings. The Balaban J connectivity index is 0. The first-order chi connectivity index (χ1) is 5.18. The van der Waals surface area contributed by atoms with Crippen molar-refractivity contribution in [2.24, 2.45) is 5.92 Å². The van der Waals surface area contributed by atoms with Crippen LogP contribution in [0.15, 0.2) is 0 Å². The van der Waals surface area contributed by atoms with Gasteiger partial charge >= 0.3 is 0 Å². The van der Waals surface area contributed by atoms with Crippen LogP contribution < -0.4 is 0 Å². The molecule has 0 rings (SSSR count). The molecular weight excluding hydrogens is 148 g/mol. The van der Waals surface area contributed by atoms with Gasteiger partial charge in [0.05, 0.1) is 13.2 Å². The topological polar surface area (TPSA) is 69.9 Å². The van der Waals surface area contributed by atoms with Gasteiger partial charge in [-0.25, -0.2) is 0 Å². The lowest BCUT2D eigenvalue weighted by Crippen LogP contribution is -2.20. The van der Waals surface area contributed by atoms with E-state index in [4.69, 9.17) is 20.1 Å². The summed E-state index contributed by atoms with van der Waals surface area (Å²) < 4.78 is 4.76. The first kappa shape index (κ1) is 13.4. The van der Waals surface area contributed by atoms with Crippen molar-refractivity contribution >= 4 is 0 Å². The minimum absolute atomic E-state index is 0.0379. The molecule has 0 aliphatic rings. The van der Waals surface area contributed by atoms with Crippen molar-refractivity contribution < 1.29 is 20.1 Å². The van der Waals surface area contributed by atoms with Gasteiger partial charge in [-0.15, -0.1) is 0 Å². The van der Waals surface area contributed by atoms with Crippen LogP contribution in [0.4, 0.5) is 0 Å².